The van der Waals surface area contributed by atoms with E-state index >= 15 is 0 Å². The molecule has 4 heteroatoms. The molecule has 21 heavy (non-hydrogen) atoms. The van der Waals surface area contributed by atoms with Gasteiger partial charge in [0.25, 0.3) is 0 Å². The quantitative estimate of drug-likeness (QED) is 0.589. The van der Waals surface area contributed by atoms with E-state index in [2.05, 4.69) is 0 Å². The van der Waals surface area contributed by atoms with Gasteiger partial charge in [0, 0.05) is 0 Å². The van der Waals surface area contributed by atoms with Gasteiger partial charge in [-0.2, -0.15) is 0 Å². The van der Waals surface area contributed by atoms with Crippen LogP contribution in [0.4, 0.5) is 0 Å². The van der Waals surface area contributed by atoms with Gasteiger partial charge < -0.3 is 9.47 Å². The van der Waals surface area contributed by atoms with Crippen LogP contribution in [0.15, 0.2) is 11.1 Å². The van der Waals surface area contributed by atoms with Crippen molar-refractivity contribution in [3.63, 3.8) is 0 Å². The lowest BCUT2D eigenvalue weighted by Gasteiger charge is -2.26. The van der Waals surface area contributed by atoms with E-state index in [0.29, 0.717) is 11.1 Å². The standard InChI is InChI=1S/C17H26O4/c1-20-16(18)14(12-8-4-3-5-9-12)15(17(19)21-2)13-10-6-7-11-13/h12-13H,3-11H2,1-2H3. The summed E-state index contributed by atoms with van der Waals surface area (Å²) < 4.78 is 9.98. The summed E-state index contributed by atoms with van der Waals surface area (Å²) in [6, 6.07) is 0. The first kappa shape index (κ1) is 16.1. The van der Waals surface area contributed by atoms with E-state index in [1.165, 1.54) is 20.6 Å². The average Bonchev–Trinajstić information content (AvgIpc) is 3.05. The monoisotopic (exact) mass is 294 g/mol. The third-order valence-electron chi connectivity index (χ3n) is 4.88. The van der Waals surface area contributed by atoms with Crippen molar-refractivity contribution in [3.05, 3.63) is 11.1 Å². The maximum absolute atomic E-state index is 12.3. The van der Waals surface area contributed by atoms with Crippen LogP contribution in [-0.4, -0.2) is 26.2 Å². The van der Waals surface area contributed by atoms with E-state index in [9.17, 15) is 9.59 Å². The molecule has 2 rings (SSSR count). The largest absolute Gasteiger partial charge is 0.466 e. The number of hydrogen-bond acceptors (Lipinski definition) is 4. The highest BCUT2D eigenvalue weighted by Gasteiger charge is 2.35. The molecule has 0 aliphatic heterocycles. The van der Waals surface area contributed by atoms with Crippen molar-refractivity contribution in [2.24, 2.45) is 11.8 Å². The van der Waals surface area contributed by atoms with E-state index in [1.807, 2.05) is 0 Å². The van der Waals surface area contributed by atoms with Gasteiger partial charge in [-0.25, -0.2) is 9.59 Å². The molecule has 2 saturated carbocycles. The molecule has 0 radical (unpaired) electrons. The summed E-state index contributed by atoms with van der Waals surface area (Å²) in [5.41, 5.74) is 1.21. The van der Waals surface area contributed by atoms with Gasteiger partial charge in [-0.05, 0) is 37.5 Å². The van der Waals surface area contributed by atoms with Crippen LogP contribution in [0, 0.1) is 11.8 Å². The van der Waals surface area contributed by atoms with Gasteiger partial charge in [-0.3, -0.25) is 0 Å². The molecule has 0 heterocycles. The first-order valence-electron chi connectivity index (χ1n) is 8.09. The lowest BCUT2D eigenvalue weighted by Crippen LogP contribution is -2.25. The first-order valence-corrected chi connectivity index (χ1v) is 8.09. The van der Waals surface area contributed by atoms with Crippen LogP contribution >= 0.6 is 0 Å². The molecule has 4 nitrogen and oxygen atoms in total. The SMILES string of the molecule is COC(=O)C(=C(C(=O)OC)C1CCCC1)C1CCCCC1. The van der Waals surface area contributed by atoms with Crippen LogP contribution in [0.2, 0.25) is 0 Å². The van der Waals surface area contributed by atoms with E-state index < -0.39 is 0 Å². The molecular formula is C17H26O4. The van der Waals surface area contributed by atoms with Gasteiger partial charge in [0.15, 0.2) is 0 Å². The first-order chi connectivity index (χ1) is 10.2. The molecule has 2 aliphatic carbocycles. The van der Waals surface area contributed by atoms with Crippen molar-refractivity contribution in [3.8, 4) is 0 Å². The molecule has 2 fully saturated rings. The highest BCUT2D eigenvalue weighted by Crippen LogP contribution is 2.39. The Morgan fingerprint density at radius 1 is 0.667 bits per heavy atom. The molecule has 0 aromatic carbocycles. The van der Waals surface area contributed by atoms with Gasteiger partial charge in [0.05, 0.1) is 25.4 Å². The summed E-state index contributed by atoms with van der Waals surface area (Å²) >= 11 is 0. The molecule has 0 bridgehead atoms. The van der Waals surface area contributed by atoms with E-state index in [0.717, 1.165) is 51.4 Å². The van der Waals surface area contributed by atoms with Gasteiger partial charge in [-0.15, -0.1) is 0 Å². The smallest absolute Gasteiger partial charge is 0.334 e. The normalized spacial score (nSPS) is 21.8. The zero-order valence-electron chi connectivity index (χ0n) is 13.2. The molecule has 0 aromatic rings. The van der Waals surface area contributed by atoms with Crippen molar-refractivity contribution >= 4 is 11.9 Å². The highest BCUT2D eigenvalue weighted by molar-refractivity contribution is 6.01. The van der Waals surface area contributed by atoms with Crippen LogP contribution in [0.5, 0.6) is 0 Å². The Bertz CT molecular complexity index is 413. The summed E-state index contributed by atoms with van der Waals surface area (Å²) in [6.45, 7) is 0. The zero-order valence-corrected chi connectivity index (χ0v) is 13.2. The van der Waals surface area contributed by atoms with Crippen LogP contribution in [0.3, 0.4) is 0 Å². The minimum Gasteiger partial charge on any atom is -0.466 e. The number of rotatable bonds is 4. The van der Waals surface area contributed by atoms with Crippen molar-refractivity contribution < 1.29 is 19.1 Å². The molecule has 118 valence electrons. The Labute approximate surface area is 126 Å². The number of hydrogen-bond donors (Lipinski definition) is 0. The maximum Gasteiger partial charge on any atom is 0.334 e. The summed E-state index contributed by atoms with van der Waals surface area (Å²) in [5, 5.41) is 0. The van der Waals surface area contributed by atoms with Crippen LogP contribution in [-0.2, 0) is 19.1 Å². The number of methoxy groups -OCH3 is 2. The van der Waals surface area contributed by atoms with Crippen LogP contribution < -0.4 is 0 Å². The minimum absolute atomic E-state index is 0.154. The number of esters is 2. The second-order valence-electron chi connectivity index (χ2n) is 6.13. The molecule has 0 aromatic heterocycles. The Balaban J connectivity index is 2.42. The van der Waals surface area contributed by atoms with Crippen molar-refractivity contribution in [2.45, 2.75) is 57.8 Å². The van der Waals surface area contributed by atoms with Crippen molar-refractivity contribution in [1.29, 1.82) is 0 Å². The molecule has 0 spiro atoms. The Morgan fingerprint density at radius 2 is 1.00 bits per heavy atom. The number of ether oxygens (including phenoxy) is 2. The van der Waals surface area contributed by atoms with E-state index in [1.54, 1.807) is 0 Å². The third kappa shape index (κ3) is 3.66. The lowest BCUT2D eigenvalue weighted by atomic mass is 9.79. The minimum atomic E-state index is -0.340. The van der Waals surface area contributed by atoms with E-state index in [4.69, 9.17) is 9.47 Å². The Morgan fingerprint density at radius 3 is 1.33 bits per heavy atom. The predicted octanol–water partition coefficient (Wildman–Crippen LogP) is 3.40. The van der Waals surface area contributed by atoms with Crippen LogP contribution in [0.25, 0.3) is 0 Å². The fraction of sp³-hybridized carbons (Fsp3) is 0.765. The summed E-state index contributed by atoms with van der Waals surface area (Å²) in [5.74, 6) is -0.364. The fourth-order valence-corrected chi connectivity index (χ4v) is 3.82. The lowest BCUT2D eigenvalue weighted by molar-refractivity contribution is -0.140. The van der Waals surface area contributed by atoms with Gasteiger partial charge >= 0.3 is 11.9 Å². The zero-order chi connectivity index (χ0) is 15.2. The van der Waals surface area contributed by atoms with Crippen LogP contribution in [0.1, 0.15) is 57.8 Å². The molecular weight excluding hydrogens is 268 g/mol. The number of carbonyl (C=O) groups is 2. The van der Waals surface area contributed by atoms with Crippen molar-refractivity contribution in [2.75, 3.05) is 14.2 Å². The van der Waals surface area contributed by atoms with E-state index in [-0.39, 0.29) is 23.8 Å². The number of carbonyl (C=O) groups excluding carboxylic acids is 2. The topological polar surface area (TPSA) is 52.6 Å². The maximum atomic E-state index is 12.3. The molecule has 0 unspecified atom stereocenters. The predicted molar refractivity (Wildman–Crippen MR) is 79.6 cm³/mol. The second kappa shape index (κ2) is 7.62. The fourth-order valence-electron chi connectivity index (χ4n) is 3.82. The van der Waals surface area contributed by atoms with Gasteiger partial charge in [0.1, 0.15) is 0 Å². The molecule has 0 saturated heterocycles. The molecule has 0 N–H and O–H groups in total. The molecule has 0 atom stereocenters. The van der Waals surface area contributed by atoms with Gasteiger partial charge in [-0.1, -0.05) is 32.1 Å². The van der Waals surface area contributed by atoms with Crippen molar-refractivity contribution in [1.82, 2.24) is 0 Å². The molecule has 0 amide bonds. The molecule has 2 aliphatic rings. The highest BCUT2D eigenvalue weighted by atomic mass is 16.5. The summed E-state index contributed by atoms with van der Waals surface area (Å²) in [4.78, 5) is 24.7. The summed E-state index contributed by atoms with van der Waals surface area (Å²) in [7, 11) is 2.79. The summed E-state index contributed by atoms with van der Waals surface area (Å²) in [6.07, 6.45) is 9.55. The Kier molecular flexibility index (Phi) is 5.83. The van der Waals surface area contributed by atoms with Gasteiger partial charge in [0.2, 0.25) is 0 Å². The average molecular weight is 294 g/mol. The Hall–Kier alpha value is -1.32. The second-order valence-corrected chi connectivity index (χ2v) is 6.13. The third-order valence-corrected chi connectivity index (χ3v) is 4.88.